The summed E-state index contributed by atoms with van der Waals surface area (Å²) >= 11 is 0. The van der Waals surface area contributed by atoms with Gasteiger partial charge in [-0.1, -0.05) is 6.07 Å². The lowest BCUT2D eigenvalue weighted by molar-refractivity contribution is -0.142. The molecule has 0 aromatic heterocycles. The van der Waals surface area contributed by atoms with Crippen molar-refractivity contribution in [1.82, 2.24) is 0 Å². The minimum atomic E-state index is -0.896. The largest absolute Gasteiger partial charge is 0.504 e. The first-order chi connectivity index (χ1) is 7.10. The summed E-state index contributed by atoms with van der Waals surface area (Å²) in [6.45, 7) is 0. The number of methoxy groups -OCH3 is 2. The van der Waals surface area contributed by atoms with Crippen LogP contribution in [0.15, 0.2) is 18.2 Å². The number of ether oxygens (including phenoxy) is 2. The molecule has 0 heterocycles. The number of hydrogen-bond acceptors (Lipinski definition) is 5. The molecule has 0 bridgehead atoms. The SMILES string of the molecule is COC(=O)C(N)c1ccc(OC)c(O)c1.Cl. The van der Waals surface area contributed by atoms with E-state index in [9.17, 15) is 9.90 Å². The maximum absolute atomic E-state index is 11.1. The van der Waals surface area contributed by atoms with Crippen molar-refractivity contribution >= 4 is 18.4 Å². The molecule has 0 spiro atoms. The molecule has 3 N–H and O–H groups in total. The summed E-state index contributed by atoms with van der Waals surface area (Å²) in [6, 6.07) is 3.61. The molecule has 0 aliphatic heterocycles. The van der Waals surface area contributed by atoms with Crippen LogP contribution < -0.4 is 10.5 Å². The summed E-state index contributed by atoms with van der Waals surface area (Å²) in [5, 5.41) is 9.46. The quantitative estimate of drug-likeness (QED) is 0.779. The number of aromatic hydroxyl groups is 1. The van der Waals surface area contributed by atoms with Crippen LogP contribution in [0.5, 0.6) is 11.5 Å². The van der Waals surface area contributed by atoms with Crippen molar-refractivity contribution in [2.45, 2.75) is 6.04 Å². The van der Waals surface area contributed by atoms with E-state index in [-0.39, 0.29) is 18.2 Å². The van der Waals surface area contributed by atoms with Crippen LogP contribution in [-0.4, -0.2) is 25.3 Å². The van der Waals surface area contributed by atoms with Crippen LogP contribution in [0.25, 0.3) is 0 Å². The van der Waals surface area contributed by atoms with Crippen LogP contribution in [0.4, 0.5) is 0 Å². The third-order valence-corrected chi connectivity index (χ3v) is 2.02. The zero-order valence-electron chi connectivity index (χ0n) is 8.97. The summed E-state index contributed by atoms with van der Waals surface area (Å²) in [4.78, 5) is 11.1. The first-order valence-corrected chi connectivity index (χ1v) is 4.30. The second-order valence-corrected chi connectivity index (χ2v) is 2.93. The normalized spacial score (nSPS) is 11.2. The standard InChI is InChI=1S/C10H13NO4.ClH/c1-14-8-4-3-6(5-7(8)12)9(11)10(13)15-2;/h3-5,9,12H,11H2,1-2H3;1H. The van der Waals surface area contributed by atoms with E-state index in [1.54, 1.807) is 6.07 Å². The van der Waals surface area contributed by atoms with Gasteiger partial charge in [0.2, 0.25) is 0 Å². The van der Waals surface area contributed by atoms with E-state index in [0.29, 0.717) is 11.3 Å². The molecule has 0 fully saturated rings. The average Bonchev–Trinajstić information content (AvgIpc) is 2.26. The van der Waals surface area contributed by atoms with Crippen LogP contribution in [-0.2, 0) is 9.53 Å². The highest BCUT2D eigenvalue weighted by atomic mass is 35.5. The maximum Gasteiger partial charge on any atom is 0.327 e. The highest BCUT2D eigenvalue weighted by Gasteiger charge is 2.17. The fourth-order valence-corrected chi connectivity index (χ4v) is 1.16. The Bertz CT molecular complexity index is 370. The number of hydrogen-bond donors (Lipinski definition) is 2. The number of carbonyl (C=O) groups is 1. The molecule has 5 nitrogen and oxygen atoms in total. The summed E-state index contributed by atoms with van der Waals surface area (Å²) < 4.78 is 9.35. The van der Waals surface area contributed by atoms with Crippen LogP contribution in [0, 0.1) is 0 Å². The lowest BCUT2D eigenvalue weighted by Crippen LogP contribution is -2.22. The fourth-order valence-electron chi connectivity index (χ4n) is 1.16. The summed E-state index contributed by atoms with van der Waals surface area (Å²) in [5.74, 6) is -0.287. The molecule has 6 heteroatoms. The molecule has 16 heavy (non-hydrogen) atoms. The van der Waals surface area contributed by atoms with Gasteiger partial charge in [0.15, 0.2) is 11.5 Å². The number of esters is 1. The van der Waals surface area contributed by atoms with Crippen molar-refractivity contribution < 1.29 is 19.4 Å². The Morgan fingerprint density at radius 3 is 2.50 bits per heavy atom. The molecule has 0 saturated carbocycles. The van der Waals surface area contributed by atoms with Crippen molar-refractivity contribution in [1.29, 1.82) is 0 Å². The lowest BCUT2D eigenvalue weighted by atomic mass is 10.1. The number of nitrogens with two attached hydrogens (primary N) is 1. The van der Waals surface area contributed by atoms with Crippen molar-refractivity contribution in [3.05, 3.63) is 23.8 Å². The first kappa shape index (κ1) is 14.5. The number of phenols is 1. The van der Waals surface area contributed by atoms with Gasteiger partial charge in [0.25, 0.3) is 0 Å². The number of carbonyl (C=O) groups excluding carboxylic acids is 1. The Kier molecular flexibility index (Phi) is 5.63. The zero-order chi connectivity index (χ0) is 11.4. The molecule has 0 radical (unpaired) electrons. The molecule has 1 rings (SSSR count). The summed E-state index contributed by atoms with van der Waals surface area (Å²) in [7, 11) is 2.69. The average molecular weight is 248 g/mol. The van der Waals surface area contributed by atoms with Crippen LogP contribution >= 0.6 is 12.4 Å². The molecule has 0 saturated heterocycles. The van der Waals surface area contributed by atoms with Gasteiger partial charge < -0.3 is 20.3 Å². The number of halogens is 1. The molecule has 0 aliphatic carbocycles. The Hall–Kier alpha value is -1.46. The molecule has 0 aliphatic rings. The Morgan fingerprint density at radius 1 is 1.44 bits per heavy atom. The van der Waals surface area contributed by atoms with Gasteiger partial charge in [-0.25, -0.2) is 0 Å². The maximum atomic E-state index is 11.1. The second-order valence-electron chi connectivity index (χ2n) is 2.93. The predicted octanol–water partition coefficient (Wildman–Crippen LogP) is 0.995. The number of benzene rings is 1. The van der Waals surface area contributed by atoms with Crippen LogP contribution in [0.2, 0.25) is 0 Å². The van der Waals surface area contributed by atoms with Gasteiger partial charge in [-0.05, 0) is 17.7 Å². The van der Waals surface area contributed by atoms with E-state index in [4.69, 9.17) is 10.5 Å². The molecule has 0 amide bonds. The van der Waals surface area contributed by atoms with Gasteiger partial charge >= 0.3 is 5.97 Å². The lowest BCUT2D eigenvalue weighted by Gasteiger charge is -2.11. The second kappa shape index (κ2) is 6.19. The Balaban J connectivity index is 0.00000225. The first-order valence-electron chi connectivity index (χ1n) is 4.30. The third-order valence-electron chi connectivity index (χ3n) is 2.02. The molecule has 90 valence electrons. The van der Waals surface area contributed by atoms with Crippen molar-refractivity contribution in [3.8, 4) is 11.5 Å². The summed E-state index contributed by atoms with van der Waals surface area (Å²) in [5.41, 5.74) is 6.06. The van der Waals surface area contributed by atoms with Gasteiger partial charge in [0.05, 0.1) is 14.2 Å². The van der Waals surface area contributed by atoms with Crippen molar-refractivity contribution in [3.63, 3.8) is 0 Å². The zero-order valence-corrected chi connectivity index (χ0v) is 9.78. The molecule has 1 aromatic rings. The third kappa shape index (κ3) is 3.01. The Labute approximate surface area is 99.6 Å². The van der Waals surface area contributed by atoms with Gasteiger partial charge in [-0.2, -0.15) is 0 Å². The highest BCUT2D eigenvalue weighted by Crippen LogP contribution is 2.28. The molecule has 1 aromatic carbocycles. The monoisotopic (exact) mass is 247 g/mol. The Morgan fingerprint density at radius 2 is 2.06 bits per heavy atom. The van der Waals surface area contributed by atoms with Gasteiger partial charge in [-0.3, -0.25) is 4.79 Å². The van der Waals surface area contributed by atoms with Crippen molar-refractivity contribution in [2.75, 3.05) is 14.2 Å². The molecular formula is C10H14ClNO4. The predicted molar refractivity (Wildman–Crippen MR) is 60.9 cm³/mol. The minimum absolute atomic E-state index is 0. The number of phenolic OH excluding ortho intramolecular Hbond substituents is 1. The van der Waals surface area contributed by atoms with Gasteiger partial charge in [-0.15, -0.1) is 12.4 Å². The van der Waals surface area contributed by atoms with Crippen molar-refractivity contribution in [2.24, 2.45) is 5.73 Å². The molecular weight excluding hydrogens is 234 g/mol. The van der Waals surface area contributed by atoms with Crippen LogP contribution in [0.1, 0.15) is 11.6 Å². The topological polar surface area (TPSA) is 81.8 Å². The number of rotatable bonds is 3. The van der Waals surface area contributed by atoms with E-state index < -0.39 is 12.0 Å². The van der Waals surface area contributed by atoms with E-state index >= 15 is 0 Å². The van der Waals surface area contributed by atoms with E-state index in [2.05, 4.69) is 4.74 Å². The highest BCUT2D eigenvalue weighted by molar-refractivity contribution is 5.85. The van der Waals surface area contributed by atoms with E-state index in [0.717, 1.165) is 0 Å². The van der Waals surface area contributed by atoms with E-state index in [1.807, 2.05) is 0 Å². The summed E-state index contributed by atoms with van der Waals surface area (Å²) in [6.07, 6.45) is 0. The molecule has 1 atom stereocenters. The fraction of sp³-hybridized carbons (Fsp3) is 0.300. The van der Waals surface area contributed by atoms with Gasteiger partial charge in [0, 0.05) is 0 Å². The van der Waals surface area contributed by atoms with Crippen LogP contribution in [0.3, 0.4) is 0 Å². The van der Waals surface area contributed by atoms with Gasteiger partial charge in [0.1, 0.15) is 6.04 Å². The smallest absolute Gasteiger partial charge is 0.327 e. The minimum Gasteiger partial charge on any atom is -0.504 e. The molecule has 1 unspecified atom stereocenters. The van der Waals surface area contributed by atoms with E-state index in [1.165, 1.54) is 26.4 Å².